The Hall–Kier alpha value is -2.53. The zero-order chi connectivity index (χ0) is 16.4. The third-order valence-corrected chi connectivity index (χ3v) is 4.07. The molecule has 0 saturated heterocycles. The molecule has 3 aromatic rings. The van der Waals surface area contributed by atoms with Crippen LogP contribution in [0.2, 0.25) is 0 Å². The molecule has 1 heterocycles. The van der Waals surface area contributed by atoms with E-state index >= 15 is 0 Å². The number of halogens is 1. The van der Waals surface area contributed by atoms with E-state index in [-0.39, 0.29) is 11.5 Å². The molecule has 4 nitrogen and oxygen atoms in total. The maximum absolute atomic E-state index is 12.8. The van der Waals surface area contributed by atoms with Crippen LogP contribution in [-0.4, -0.2) is 17.2 Å². The molecular formula is C18H12BrNO3. The van der Waals surface area contributed by atoms with Crippen molar-refractivity contribution in [2.24, 2.45) is 0 Å². The Morgan fingerprint density at radius 1 is 1.13 bits per heavy atom. The van der Waals surface area contributed by atoms with Gasteiger partial charge in [-0.15, -0.1) is 0 Å². The van der Waals surface area contributed by atoms with Gasteiger partial charge in [0.25, 0.3) is 0 Å². The first-order valence-electron chi connectivity index (χ1n) is 6.93. The molecule has 5 heteroatoms. The number of hydrogen-bond acceptors (Lipinski definition) is 4. The highest BCUT2D eigenvalue weighted by molar-refractivity contribution is 9.10. The zero-order valence-corrected chi connectivity index (χ0v) is 13.8. The molecule has 0 aliphatic carbocycles. The first-order chi connectivity index (χ1) is 11.1. The molecule has 114 valence electrons. The van der Waals surface area contributed by atoms with E-state index in [2.05, 4.69) is 21.1 Å². The van der Waals surface area contributed by atoms with Gasteiger partial charge < -0.3 is 4.52 Å². The number of ketones is 1. The summed E-state index contributed by atoms with van der Waals surface area (Å²) >= 11 is 3.35. The molecule has 0 aliphatic rings. The molecule has 3 rings (SSSR count). The second-order valence-corrected chi connectivity index (χ2v) is 5.92. The van der Waals surface area contributed by atoms with Gasteiger partial charge in [-0.2, -0.15) is 0 Å². The Labute approximate surface area is 141 Å². The molecule has 0 amide bonds. The van der Waals surface area contributed by atoms with E-state index in [1.54, 1.807) is 37.3 Å². The molecule has 0 fully saturated rings. The van der Waals surface area contributed by atoms with E-state index in [4.69, 9.17) is 4.52 Å². The number of hydrogen-bond donors (Lipinski definition) is 0. The molecule has 23 heavy (non-hydrogen) atoms. The smallest absolute Gasteiger partial charge is 0.207 e. The van der Waals surface area contributed by atoms with Crippen LogP contribution in [0.5, 0.6) is 0 Å². The number of rotatable bonds is 4. The third-order valence-electron chi connectivity index (χ3n) is 3.54. The average Bonchev–Trinajstić information content (AvgIpc) is 2.95. The van der Waals surface area contributed by atoms with Crippen molar-refractivity contribution >= 4 is 28.0 Å². The van der Waals surface area contributed by atoms with E-state index in [0.717, 1.165) is 4.47 Å². The van der Waals surface area contributed by atoms with Crippen molar-refractivity contribution in [1.82, 2.24) is 5.16 Å². The standard InChI is InChI=1S/C18H12BrNO3/c1-11-17(16(10-21)23-20-11)14-4-2-3-5-15(14)18(22)12-6-8-13(19)9-7-12/h2-10H,1H3. The number of carbonyl (C=O) groups excluding carboxylic acids is 2. The Balaban J connectivity index is 2.15. The molecule has 0 radical (unpaired) electrons. The van der Waals surface area contributed by atoms with Crippen molar-refractivity contribution in [3.05, 3.63) is 75.6 Å². The number of carbonyl (C=O) groups is 2. The lowest BCUT2D eigenvalue weighted by atomic mass is 9.93. The molecule has 0 bridgehead atoms. The predicted octanol–water partition coefficient (Wildman–Crippen LogP) is 4.46. The van der Waals surface area contributed by atoms with Gasteiger partial charge in [-0.3, -0.25) is 9.59 Å². The highest BCUT2D eigenvalue weighted by atomic mass is 79.9. The lowest BCUT2D eigenvalue weighted by molar-refractivity contribution is 0.103. The van der Waals surface area contributed by atoms with Gasteiger partial charge >= 0.3 is 0 Å². The highest BCUT2D eigenvalue weighted by Crippen LogP contribution is 2.31. The topological polar surface area (TPSA) is 60.2 Å². The van der Waals surface area contributed by atoms with Crippen molar-refractivity contribution in [2.45, 2.75) is 6.92 Å². The second kappa shape index (κ2) is 6.30. The SMILES string of the molecule is Cc1noc(C=O)c1-c1ccccc1C(=O)c1ccc(Br)cc1. The summed E-state index contributed by atoms with van der Waals surface area (Å²) in [5.74, 6) is 0.00380. The van der Waals surface area contributed by atoms with Crippen LogP contribution >= 0.6 is 15.9 Å². The van der Waals surface area contributed by atoms with Gasteiger partial charge in [0.15, 0.2) is 12.1 Å². The first kappa shape index (κ1) is 15.4. The molecule has 2 aromatic carbocycles. The van der Waals surface area contributed by atoms with Crippen molar-refractivity contribution in [2.75, 3.05) is 0 Å². The summed E-state index contributed by atoms with van der Waals surface area (Å²) in [6, 6.07) is 14.3. The molecular weight excluding hydrogens is 358 g/mol. The fourth-order valence-electron chi connectivity index (χ4n) is 2.45. The number of aromatic nitrogens is 1. The Morgan fingerprint density at radius 2 is 1.83 bits per heavy atom. The van der Waals surface area contributed by atoms with Gasteiger partial charge in [0.1, 0.15) is 0 Å². The van der Waals surface area contributed by atoms with Crippen LogP contribution in [0.1, 0.15) is 32.2 Å². The largest absolute Gasteiger partial charge is 0.352 e. The molecule has 0 aliphatic heterocycles. The fraction of sp³-hybridized carbons (Fsp3) is 0.0556. The van der Waals surface area contributed by atoms with Crippen LogP contribution in [-0.2, 0) is 0 Å². The normalized spacial score (nSPS) is 10.5. The molecule has 0 N–H and O–H groups in total. The van der Waals surface area contributed by atoms with Crippen LogP contribution in [0.25, 0.3) is 11.1 Å². The minimum absolute atomic E-state index is 0.120. The fourth-order valence-corrected chi connectivity index (χ4v) is 2.72. The van der Waals surface area contributed by atoms with E-state index in [0.29, 0.717) is 34.2 Å². The van der Waals surface area contributed by atoms with Crippen molar-refractivity contribution in [1.29, 1.82) is 0 Å². The minimum Gasteiger partial charge on any atom is -0.352 e. The van der Waals surface area contributed by atoms with Crippen LogP contribution in [0.4, 0.5) is 0 Å². The third kappa shape index (κ3) is 2.87. The predicted molar refractivity (Wildman–Crippen MR) is 89.6 cm³/mol. The average molecular weight is 370 g/mol. The molecule has 0 atom stereocenters. The number of nitrogens with zero attached hydrogens (tertiary/aromatic N) is 1. The summed E-state index contributed by atoms with van der Waals surface area (Å²) in [5, 5.41) is 3.82. The van der Waals surface area contributed by atoms with Gasteiger partial charge in [0.2, 0.25) is 5.76 Å². The van der Waals surface area contributed by atoms with Crippen molar-refractivity contribution in [3.8, 4) is 11.1 Å². The second-order valence-electron chi connectivity index (χ2n) is 5.01. The summed E-state index contributed by atoms with van der Waals surface area (Å²) in [4.78, 5) is 24.0. The minimum atomic E-state index is -0.120. The summed E-state index contributed by atoms with van der Waals surface area (Å²) < 4.78 is 5.92. The van der Waals surface area contributed by atoms with Gasteiger partial charge in [0, 0.05) is 15.6 Å². The zero-order valence-electron chi connectivity index (χ0n) is 12.2. The number of aldehydes is 1. The lowest BCUT2D eigenvalue weighted by Gasteiger charge is -2.08. The summed E-state index contributed by atoms with van der Waals surface area (Å²) in [5.41, 5.74) is 2.84. The Morgan fingerprint density at radius 3 is 2.52 bits per heavy atom. The summed E-state index contributed by atoms with van der Waals surface area (Å²) in [7, 11) is 0. The van der Waals surface area contributed by atoms with E-state index < -0.39 is 0 Å². The van der Waals surface area contributed by atoms with E-state index in [1.807, 2.05) is 18.2 Å². The Bertz CT molecular complexity index is 882. The molecule has 0 spiro atoms. The summed E-state index contributed by atoms with van der Waals surface area (Å²) in [6.07, 6.45) is 0.607. The lowest BCUT2D eigenvalue weighted by Crippen LogP contribution is -2.04. The highest BCUT2D eigenvalue weighted by Gasteiger charge is 2.21. The van der Waals surface area contributed by atoms with Crippen molar-refractivity contribution in [3.63, 3.8) is 0 Å². The number of benzene rings is 2. The maximum Gasteiger partial charge on any atom is 0.207 e. The summed E-state index contributed by atoms with van der Waals surface area (Å²) in [6.45, 7) is 1.74. The first-order valence-corrected chi connectivity index (χ1v) is 7.72. The van der Waals surface area contributed by atoms with Crippen LogP contribution in [0.15, 0.2) is 57.5 Å². The monoisotopic (exact) mass is 369 g/mol. The van der Waals surface area contributed by atoms with E-state index in [1.165, 1.54) is 0 Å². The van der Waals surface area contributed by atoms with Gasteiger partial charge in [-0.05, 0) is 36.8 Å². The van der Waals surface area contributed by atoms with Crippen molar-refractivity contribution < 1.29 is 14.1 Å². The van der Waals surface area contributed by atoms with Crippen LogP contribution in [0, 0.1) is 6.92 Å². The van der Waals surface area contributed by atoms with Crippen LogP contribution in [0.3, 0.4) is 0 Å². The Kier molecular flexibility index (Phi) is 4.21. The molecule has 1 aromatic heterocycles. The molecule has 0 saturated carbocycles. The molecule has 0 unspecified atom stereocenters. The quantitative estimate of drug-likeness (QED) is 0.503. The van der Waals surface area contributed by atoms with E-state index in [9.17, 15) is 9.59 Å². The number of aryl methyl sites for hydroxylation is 1. The maximum atomic E-state index is 12.8. The van der Waals surface area contributed by atoms with Gasteiger partial charge in [-0.25, -0.2) is 0 Å². The van der Waals surface area contributed by atoms with Crippen LogP contribution < -0.4 is 0 Å². The van der Waals surface area contributed by atoms with Gasteiger partial charge in [-0.1, -0.05) is 45.4 Å². The van der Waals surface area contributed by atoms with Gasteiger partial charge in [0.05, 0.1) is 11.3 Å².